The molecule has 0 spiro atoms. The number of esters is 2. The summed E-state index contributed by atoms with van der Waals surface area (Å²) in [7, 11) is -4.38. The Morgan fingerprint density at radius 2 is 0.981 bits per heavy atom. The van der Waals surface area contributed by atoms with Crippen LogP contribution in [0, 0.1) is 0 Å². The fourth-order valence-corrected chi connectivity index (χ4v) is 6.56. The van der Waals surface area contributed by atoms with Crippen molar-refractivity contribution in [2.75, 3.05) is 26.4 Å². The Balaban J connectivity index is 4.18. The summed E-state index contributed by atoms with van der Waals surface area (Å²) >= 11 is 0. The summed E-state index contributed by atoms with van der Waals surface area (Å²) in [5.74, 6) is -0.850. The highest BCUT2D eigenvalue weighted by Crippen LogP contribution is 2.43. The van der Waals surface area contributed by atoms with E-state index in [1.54, 1.807) is 0 Å². The number of nitrogens with two attached hydrogens (primary N) is 1. The molecule has 0 saturated heterocycles. The van der Waals surface area contributed by atoms with Crippen molar-refractivity contribution in [3.05, 3.63) is 36.5 Å². The number of hydrogen-bond donors (Lipinski definition) is 2. The van der Waals surface area contributed by atoms with Gasteiger partial charge < -0.3 is 20.1 Å². The third-order valence-electron chi connectivity index (χ3n) is 9.03. The number of carbonyl (C=O) groups excluding carboxylic acids is 2. The molecule has 0 aromatic rings. The molecule has 10 heteroatoms. The van der Waals surface area contributed by atoms with Gasteiger partial charge in [0.2, 0.25) is 0 Å². The second-order valence-electron chi connectivity index (χ2n) is 14.2. The average molecular weight is 770 g/mol. The molecule has 9 nitrogen and oxygen atoms in total. The number of hydrogen-bond acceptors (Lipinski definition) is 8. The number of unbranched alkanes of at least 4 members (excludes halogenated alkanes) is 22. The van der Waals surface area contributed by atoms with Gasteiger partial charge in [0.25, 0.3) is 0 Å². The van der Waals surface area contributed by atoms with Crippen LogP contribution in [0.5, 0.6) is 0 Å². The number of phosphoric acid groups is 1. The normalized spacial score (nSPS) is 13.7. The highest BCUT2D eigenvalue weighted by Gasteiger charge is 2.26. The monoisotopic (exact) mass is 770 g/mol. The van der Waals surface area contributed by atoms with Crippen molar-refractivity contribution in [2.24, 2.45) is 5.73 Å². The predicted molar refractivity (Wildman–Crippen MR) is 220 cm³/mol. The lowest BCUT2D eigenvalue weighted by molar-refractivity contribution is -0.161. The van der Waals surface area contributed by atoms with E-state index in [1.807, 2.05) is 0 Å². The van der Waals surface area contributed by atoms with Gasteiger partial charge in [-0.05, 0) is 64.2 Å². The fraction of sp³-hybridized carbons (Fsp3) is 0.814. The number of carbonyl (C=O) groups is 2. The Kier molecular flexibility index (Phi) is 38.6. The molecule has 310 valence electrons. The van der Waals surface area contributed by atoms with Crippen LogP contribution in [0.25, 0.3) is 0 Å². The number of rotatable bonds is 40. The van der Waals surface area contributed by atoms with Crippen molar-refractivity contribution in [1.29, 1.82) is 0 Å². The minimum atomic E-state index is -4.38. The summed E-state index contributed by atoms with van der Waals surface area (Å²) < 4.78 is 32.7. The van der Waals surface area contributed by atoms with E-state index in [2.05, 4.69) is 50.3 Å². The molecule has 0 bridgehead atoms. The fourth-order valence-electron chi connectivity index (χ4n) is 5.80. The molecular formula is C43H80NO8P. The third-order valence-corrected chi connectivity index (χ3v) is 10.0. The second kappa shape index (κ2) is 39.9. The van der Waals surface area contributed by atoms with Gasteiger partial charge in [-0.3, -0.25) is 18.6 Å². The molecular weight excluding hydrogens is 689 g/mol. The zero-order valence-corrected chi connectivity index (χ0v) is 34.9. The lowest BCUT2D eigenvalue weighted by Gasteiger charge is -2.19. The van der Waals surface area contributed by atoms with Crippen molar-refractivity contribution in [3.63, 3.8) is 0 Å². The summed E-state index contributed by atoms with van der Waals surface area (Å²) in [6, 6.07) is 0. The molecule has 53 heavy (non-hydrogen) atoms. The Labute approximate surface area is 324 Å². The minimum Gasteiger partial charge on any atom is -0.462 e. The Hall–Kier alpha value is -1.77. The van der Waals surface area contributed by atoms with E-state index < -0.39 is 32.5 Å². The van der Waals surface area contributed by atoms with Gasteiger partial charge in [0.15, 0.2) is 6.10 Å². The standard InChI is InChI=1S/C43H80NO8P/c1-3-5-7-9-11-13-15-17-19-20-22-23-25-27-29-31-33-35-42(45)49-39-41(40-51-53(47,48)50-38-37-44)52-43(46)36-34-32-30-28-26-24-21-18-16-14-12-10-8-6-4-2/h14,16-19,21,41H,3-13,15,20,22-40,44H2,1-2H3,(H,47,48)/b16-14+,19-17+,21-18+/t41-/m1/s1. The van der Waals surface area contributed by atoms with Crippen LogP contribution >= 0.6 is 7.82 Å². The second-order valence-corrected chi connectivity index (χ2v) is 15.7. The number of ether oxygens (including phenoxy) is 2. The van der Waals surface area contributed by atoms with Gasteiger partial charge in [-0.25, -0.2) is 4.57 Å². The van der Waals surface area contributed by atoms with Crippen LogP contribution in [0.15, 0.2) is 36.5 Å². The molecule has 3 N–H and O–H groups in total. The topological polar surface area (TPSA) is 134 Å². The maximum atomic E-state index is 12.6. The van der Waals surface area contributed by atoms with Crippen molar-refractivity contribution >= 4 is 19.8 Å². The number of allylic oxidation sites excluding steroid dienone is 6. The first-order chi connectivity index (χ1) is 25.8. The third kappa shape index (κ3) is 39.7. The van der Waals surface area contributed by atoms with E-state index in [0.29, 0.717) is 6.42 Å². The molecule has 0 aliphatic rings. The van der Waals surface area contributed by atoms with Gasteiger partial charge >= 0.3 is 19.8 Å². The largest absolute Gasteiger partial charge is 0.472 e. The van der Waals surface area contributed by atoms with Gasteiger partial charge in [0.1, 0.15) is 6.61 Å². The summed E-state index contributed by atoms with van der Waals surface area (Å²) in [5, 5.41) is 0. The van der Waals surface area contributed by atoms with Crippen molar-refractivity contribution in [1.82, 2.24) is 0 Å². The smallest absolute Gasteiger partial charge is 0.462 e. The van der Waals surface area contributed by atoms with E-state index in [1.165, 1.54) is 89.9 Å². The lowest BCUT2D eigenvalue weighted by atomic mass is 10.1. The summed E-state index contributed by atoms with van der Waals surface area (Å²) in [6.07, 6.45) is 43.1. The van der Waals surface area contributed by atoms with Gasteiger partial charge in [-0.2, -0.15) is 0 Å². The van der Waals surface area contributed by atoms with E-state index in [0.717, 1.165) is 70.6 Å². The average Bonchev–Trinajstić information content (AvgIpc) is 3.14. The molecule has 0 saturated carbocycles. The van der Waals surface area contributed by atoms with Crippen LogP contribution in [-0.2, 0) is 32.7 Å². The van der Waals surface area contributed by atoms with Crippen LogP contribution in [0.2, 0.25) is 0 Å². The van der Waals surface area contributed by atoms with Crippen molar-refractivity contribution < 1.29 is 37.6 Å². The quantitative estimate of drug-likeness (QED) is 0.0205. The van der Waals surface area contributed by atoms with Crippen LogP contribution in [0.3, 0.4) is 0 Å². The molecule has 2 atom stereocenters. The highest BCUT2D eigenvalue weighted by molar-refractivity contribution is 7.47. The molecule has 0 heterocycles. The van der Waals surface area contributed by atoms with Crippen LogP contribution in [0.1, 0.15) is 194 Å². The zero-order chi connectivity index (χ0) is 38.9. The first kappa shape index (κ1) is 51.2. The summed E-state index contributed by atoms with van der Waals surface area (Å²) in [5.41, 5.74) is 5.34. The predicted octanol–water partition coefficient (Wildman–Crippen LogP) is 12.2. The number of phosphoric ester groups is 1. The molecule has 1 unspecified atom stereocenters. The molecule has 0 aromatic carbocycles. The molecule has 0 aromatic heterocycles. The Morgan fingerprint density at radius 1 is 0.566 bits per heavy atom. The molecule has 0 radical (unpaired) electrons. The molecule has 0 aliphatic carbocycles. The van der Waals surface area contributed by atoms with Gasteiger partial charge in [0, 0.05) is 19.4 Å². The SMILES string of the molecule is CCCCCC/C=C/C=C/CCCCCCCC(=O)O[C@H](COC(=O)CCCCCCCCC/C=C/CCCCCCCC)COP(=O)(O)OCCN. The Bertz CT molecular complexity index is 970. The summed E-state index contributed by atoms with van der Waals surface area (Å²) in [6.45, 7) is 3.69. The minimum absolute atomic E-state index is 0.0498. The lowest BCUT2D eigenvalue weighted by Crippen LogP contribution is -2.29. The maximum absolute atomic E-state index is 12.6. The molecule has 0 fully saturated rings. The maximum Gasteiger partial charge on any atom is 0.472 e. The van der Waals surface area contributed by atoms with Crippen LogP contribution in [0.4, 0.5) is 0 Å². The molecule has 0 amide bonds. The van der Waals surface area contributed by atoms with Crippen molar-refractivity contribution in [2.45, 2.75) is 200 Å². The van der Waals surface area contributed by atoms with Gasteiger partial charge in [0.05, 0.1) is 13.2 Å². The first-order valence-electron chi connectivity index (χ1n) is 21.5. The van der Waals surface area contributed by atoms with E-state index in [4.69, 9.17) is 24.3 Å². The van der Waals surface area contributed by atoms with E-state index in [9.17, 15) is 19.0 Å². The Morgan fingerprint density at radius 3 is 1.47 bits per heavy atom. The molecule has 0 aliphatic heterocycles. The first-order valence-corrected chi connectivity index (χ1v) is 23.0. The summed E-state index contributed by atoms with van der Waals surface area (Å²) in [4.78, 5) is 34.8. The van der Waals surface area contributed by atoms with Crippen molar-refractivity contribution in [3.8, 4) is 0 Å². The van der Waals surface area contributed by atoms with E-state index >= 15 is 0 Å². The van der Waals surface area contributed by atoms with Gasteiger partial charge in [-0.1, -0.05) is 153 Å². The van der Waals surface area contributed by atoms with Crippen LogP contribution < -0.4 is 5.73 Å². The van der Waals surface area contributed by atoms with E-state index in [-0.39, 0.29) is 32.6 Å². The molecule has 0 rings (SSSR count). The van der Waals surface area contributed by atoms with Gasteiger partial charge in [-0.15, -0.1) is 0 Å². The van der Waals surface area contributed by atoms with Crippen LogP contribution in [-0.4, -0.2) is 49.3 Å². The zero-order valence-electron chi connectivity index (χ0n) is 34.0. The highest BCUT2D eigenvalue weighted by atomic mass is 31.2.